The largest absolute Gasteiger partial charge is 0.299 e. The maximum absolute atomic E-state index is 12.0. The Balaban J connectivity index is 1.89. The molecule has 3 rings (SSSR count). The summed E-state index contributed by atoms with van der Waals surface area (Å²) < 4.78 is 0. The van der Waals surface area contributed by atoms with Crippen molar-refractivity contribution in [1.29, 1.82) is 0 Å². The molecule has 1 aromatic heterocycles. The predicted molar refractivity (Wildman–Crippen MR) is 56.0 cm³/mol. The summed E-state index contributed by atoms with van der Waals surface area (Å²) in [6, 6.07) is 0. The van der Waals surface area contributed by atoms with Crippen molar-refractivity contribution in [2.45, 2.75) is 25.7 Å². The number of aromatic nitrogens is 1. The number of nitrogens with zero attached hydrogens (tertiary/aromatic N) is 1. The van der Waals surface area contributed by atoms with Crippen LogP contribution in [0.2, 0.25) is 0 Å². The van der Waals surface area contributed by atoms with Crippen LogP contribution in [0.1, 0.15) is 34.6 Å². The summed E-state index contributed by atoms with van der Waals surface area (Å²) in [4.78, 5) is 28.7. The van der Waals surface area contributed by atoms with Gasteiger partial charge in [-0.1, -0.05) is 0 Å². The van der Waals surface area contributed by atoms with E-state index in [-0.39, 0.29) is 23.4 Å². The van der Waals surface area contributed by atoms with Gasteiger partial charge in [0.1, 0.15) is 5.78 Å². The highest BCUT2D eigenvalue weighted by atomic mass is 32.1. The number of carbonyl (C=O) groups is 2. The first-order valence-electron chi connectivity index (χ1n) is 5.27. The maximum atomic E-state index is 12.0. The molecule has 2 aliphatic carbocycles. The van der Waals surface area contributed by atoms with Crippen LogP contribution < -0.4 is 0 Å². The molecule has 0 aromatic carbocycles. The van der Waals surface area contributed by atoms with Crippen LogP contribution in [0.4, 0.5) is 0 Å². The Kier molecular flexibility index (Phi) is 1.99. The summed E-state index contributed by atoms with van der Waals surface area (Å²) in [5, 5.41) is 0. The number of hydrogen-bond acceptors (Lipinski definition) is 4. The second-order valence-corrected chi connectivity index (χ2v) is 5.12. The molecule has 78 valence electrons. The molecule has 0 aliphatic heterocycles. The van der Waals surface area contributed by atoms with Crippen LogP contribution in [-0.4, -0.2) is 16.6 Å². The number of ketones is 2. The van der Waals surface area contributed by atoms with Crippen molar-refractivity contribution < 1.29 is 9.59 Å². The topological polar surface area (TPSA) is 47.0 Å². The van der Waals surface area contributed by atoms with Crippen LogP contribution in [0, 0.1) is 11.8 Å². The van der Waals surface area contributed by atoms with E-state index in [1.54, 1.807) is 5.51 Å². The molecular weight excluding hydrogens is 210 g/mol. The second-order valence-electron chi connectivity index (χ2n) is 4.26. The Morgan fingerprint density at radius 3 is 2.93 bits per heavy atom. The molecule has 15 heavy (non-hydrogen) atoms. The lowest BCUT2D eigenvalue weighted by molar-refractivity contribution is -0.122. The highest BCUT2D eigenvalue weighted by Crippen LogP contribution is 2.37. The SMILES string of the molecule is O=C1c2scnc2CCC1C(=O)C1CC1. The average Bonchev–Trinajstić information content (AvgIpc) is 2.97. The fourth-order valence-corrected chi connectivity index (χ4v) is 2.98. The molecule has 1 unspecified atom stereocenters. The molecule has 4 heteroatoms. The van der Waals surface area contributed by atoms with E-state index in [1.165, 1.54) is 11.3 Å². The van der Waals surface area contributed by atoms with Crippen molar-refractivity contribution in [2.75, 3.05) is 0 Å². The van der Waals surface area contributed by atoms with Crippen molar-refractivity contribution in [3.05, 3.63) is 16.1 Å². The van der Waals surface area contributed by atoms with Crippen molar-refractivity contribution in [3.8, 4) is 0 Å². The zero-order valence-corrected chi connectivity index (χ0v) is 9.05. The lowest BCUT2D eigenvalue weighted by Crippen LogP contribution is -2.29. The third-order valence-corrected chi connectivity index (χ3v) is 4.06. The Hall–Kier alpha value is -1.03. The van der Waals surface area contributed by atoms with Crippen molar-refractivity contribution in [1.82, 2.24) is 4.98 Å². The quantitative estimate of drug-likeness (QED) is 0.716. The molecule has 2 aliphatic rings. The van der Waals surface area contributed by atoms with Crippen LogP contribution in [0.15, 0.2) is 5.51 Å². The van der Waals surface area contributed by atoms with E-state index < -0.39 is 0 Å². The smallest absolute Gasteiger partial charge is 0.185 e. The van der Waals surface area contributed by atoms with Gasteiger partial charge < -0.3 is 0 Å². The Bertz CT molecular complexity index is 434. The molecule has 0 saturated heterocycles. The Morgan fingerprint density at radius 2 is 2.20 bits per heavy atom. The fraction of sp³-hybridized carbons (Fsp3) is 0.545. The molecule has 1 aromatic rings. The number of rotatable bonds is 2. The van der Waals surface area contributed by atoms with E-state index in [0.717, 1.165) is 29.8 Å². The third-order valence-electron chi connectivity index (χ3n) is 3.17. The van der Waals surface area contributed by atoms with Gasteiger partial charge in [0.25, 0.3) is 0 Å². The molecule has 3 nitrogen and oxygen atoms in total. The van der Waals surface area contributed by atoms with Gasteiger partial charge in [-0.25, -0.2) is 4.98 Å². The van der Waals surface area contributed by atoms with Gasteiger partial charge in [-0.3, -0.25) is 9.59 Å². The average molecular weight is 221 g/mol. The standard InChI is InChI=1S/C11H11NO2S/c13-9(6-1-2-6)7-3-4-8-11(10(7)14)15-5-12-8/h5-7H,1-4H2. The minimum atomic E-state index is -0.356. The first-order chi connectivity index (χ1) is 7.27. The van der Waals surface area contributed by atoms with Crippen LogP contribution in [0.5, 0.6) is 0 Å². The first-order valence-corrected chi connectivity index (χ1v) is 6.15. The second kappa shape index (κ2) is 3.23. The van der Waals surface area contributed by atoms with Crippen LogP contribution in [0.25, 0.3) is 0 Å². The highest BCUT2D eigenvalue weighted by Gasteiger charge is 2.41. The molecule has 1 saturated carbocycles. The van der Waals surface area contributed by atoms with Gasteiger partial charge >= 0.3 is 0 Å². The van der Waals surface area contributed by atoms with E-state index in [9.17, 15) is 9.59 Å². The zero-order chi connectivity index (χ0) is 10.4. The van der Waals surface area contributed by atoms with Gasteiger partial charge in [-0.15, -0.1) is 11.3 Å². The third kappa shape index (κ3) is 1.44. The number of thiazole rings is 1. The molecule has 1 fully saturated rings. The van der Waals surface area contributed by atoms with E-state index in [1.807, 2.05) is 0 Å². The van der Waals surface area contributed by atoms with E-state index in [2.05, 4.69) is 4.98 Å². The Morgan fingerprint density at radius 1 is 1.40 bits per heavy atom. The number of aryl methyl sites for hydroxylation is 1. The molecule has 0 radical (unpaired) electrons. The lowest BCUT2D eigenvalue weighted by atomic mass is 9.85. The first kappa shape index (κ1) is 9.21. The van der Waals surface area contributed by atoms with Crippen LogP contribution in [-0.2, 0) is 11.2 Å². The number of hydrogen-bond donors (Lipinski definition) is 0. The van der Waals surface area contributed by atoms with Gasteiger partial charge in [0.05, 0.1) is 22.0 Å². The summed E-state index contributed by atoms with van der Waals surface area (Å²) in [7, 11) is 0. The van der Waals surface area contributed by atoms with Gasteiger partial charge in [-0.05, 0) is 25.7 Å². The Labute approximate surface area is 91.5 Å². The monoisotopic (exact) mass is 221 g/mol. The van der Waals surface area contributed by atoms with Gasteiger partial charge in [-0.2, -0.15) is 0 Å². The zero-order valence-electron chi connectivity index (χ0n) is 8.23. The molecule has 0 bridgehead atoms. The number of fused-ring (bicyclic) bond motifs is 1. The summed E-state index contributed by atoms with van der Waals surface area (Å²) in [5.41, 5.74) is 2.59. The molecule has 1 heterocycles. The molecular formula is C11H11NO2S. The summed E-state index contributed by atoms with van der Waals surface area (Å²) in [6.45, 7) is 0. The highest BCUT2D eigenvalue weighted by molar-refractivity contribution is 7.12. The van der Waals surface area contributed by atoms with Crippen molar-refractivity contribution >= 4 is 22.9 Å². The lowest BCUT2D eigenvalue weighted by Gasteiger charge is -2.18. The van der Waals surface area contributed by atoms with Gasteiger partial charge in [0, 0.05) is 5.92 Å². The summed E-state index contributed by atoms with van der Waals surface area (Å²) in [5.74, 6) is 0.0357. The summed E-state index contributed by atoms with van der Waals surface area (Å²) in [6.07, 6.45) is 3.43. The summed E-state index contributed by atoms with van der Waals surface area (Å²) >= 11 is 1.37. The molecule has 0 amide bonds. The number of carbonyl (C=O) groups excluding carboxylic acids is 2. The van der Waals surface area contributed by atoms with Crippen molar-refractivity contribution in [3.63, 3.8) is 0 Å². The van der Waals surface area contributed by atoms with Gasteiger partial charge in [0.2, 0.25) is 0 Å². The fourth-order valence-electron chi connectivity index (χ4n) is 2.14. The maximum Gasteiger partial charge on any atom is 0.185 e. The minimum Gasteiger partial charge on any atom is -0.299 e. The van der Waals surface area contributed by atoms with E-state index in [0.29, 0.717) is 6.42 Å². The minimum absolute atomic E-state index is 0.0238. The molecule has 0 N–H and O–H groups in total. The predicted octanol–water partition coefficient (Wildman–Crippen LogP) is 1.87. The van der Waals surface area contributed by atoms with Crippen molar-refractivity contribution in [2.24, 2.45) is 11.8 Å². The number of Topliss-reactive ketones (excluding diaryl/α,β-unsaturated/α-hetero) is 2. The molecule has 0 spiro atoms. The van der Waals surface area contributed by atoms with Gasteiger partial charge in [0.15, 0.2) is 5.78 Å². The van der Waals surface area contributed by atoms with E-state index >= 15 is 0 Å². The van der Waals surface area contributed by atoms with Crippen LogP contribution in [0.3, 0.4) is 0 Å². The van der Waals surface area contributed by atoms with E-state index in [4.69, 9.17) is 0 Å². The normalized spacial score (nSPS) is 25.1. The van der Waals surface area contributed by atoms with Crippen LogP contribution >= 0.6 is 11.3 Å². The molecule has 1 atom stereocenters.